The molecule has 0 radical (unpaired) electrons. The molecule has 0 fully saturated rings. The zero-order valence-electron chi connectivity index (χ0n) is 12.8. The molecule has 1 aromatic heterocycles. The second-order valence-corrected chi connectivity index (χ2v) is 5.82. The second-order valence-electron chi connectivity index (χ2n) is 4.91. The van der Waals surface area contributed by atoms with Crippen LogP contribution in [0.4, 0.5) is 0 Å². The van der Waals surface area contributed by atoms with Crippen molar-refractivity contribution in [1.29, 1.82) is 0 Å². The van der Waals surface area contributed by atoms with Crippen LogP contribution in [0.15, 0.2) is 27.1 Å². The Balaban J connectivity index is 2.27. The lowest BCUT2D eigenvalue weighted by molar-refractivity contribution is -0.140. The highest BCUT2D eigenvalue weighted by atomic mass is 79.9. The van der Waals surface area contributed by atoms with Gasteiger partial charge in [0.2, 0.25) is 0 Å². The summed E-state index contributed by atoms with van der Waals surface area (Å²) in [6.07, 6.45) is 0.168. The Morgan fingerprint density at radius 1 is 1.36 bits per heavy atom. The standard InChI is InChI=1S/C16H18BrNO4/c1-4-18(8-7-14(19)21-3)16(20)15-10(2)12-9-11(17)5-6-13(12)22-15/h5-6,9H,4,7-8H2,1-3H3. The van der Waals surface area contributed by atoms with Gasteiger partial charge in [0.05, 0.1) is 13.5 Å². The highest BCUT2D eigenvalue weighted by molar-refractivity contribution is 9.10. The highest BCUT2D eigenvalue weighted by Crippen LogP contribution is 2.28. The molecule has 22 heavy (non-hydrogen) atoms. The number of benzene rings is 1. The molecule has 6 heteroatoms. The van der Waals surface area contributed by atoms with E-state index < -0.39 is 0 Å². The summed E-state index contributed by atoms with van der Waals surface area (Å²) >= 11 is 3.42. The number of rotatable bonds is 5. The van der Waals surface area contributed by atoms with E-state index in [0.717, 1.165) is 15.4 Å². The summed E-state index contributed by atoms with van der Waals surface area (Å²) in [5.74, 6) is -0.229. The summed E-state index contributed by atoms with van der Waals surface area (Å²) in [5, 5.41) is 0.904. The van der Waals surface area contributed by atoms with Crippen molar-refractivity contribution in [2.45, 2.75) is 20.3 Å². The maximum Gasteiger partial charge on any atom is 0.307 e. The Morgan fingerprint density at radius 2 is 2.09 bits per heavy atom. The summed E-state index contributed by atoms with van der Waals surface area (Å²) in [7, 11) is 1.34. The number of hydrogen-bond acceptors (Lipinski definition) is 4. The Hall–Kier alpha value is -1.82. The molecule has 1 heterocycles. The lowest BCUT2D eigenvalue weighted by Crippen LogP contribution is -2.33. The molecule has 0 unspecified atom stereocenters. The lowest BCUT2D eigenvalue weighted by atomic mass is 10.1. The number of carbonyl (C=O) groups is 2. The molecular formula is C16H18BrNO4. The van der Waals surface area contributed by atoms with Gasteiger partial charge < -0.3 is 14.1 Å². The van der Waals surface area contributed by atoms with Gasteiger partial charge in [-0.15, -0.1) is 0 Å². The van der Waals surface area contributed by atoms with Gasteiger partial charge in [0, 0.05) is 28.5 Å². The molecule has 0 atom stereocenters. The Kier molecular flexibility index (Phi) is 5.24. The van der Waals surface area contributed by atoms with Crippen LogP contribution in [0, 0.1) is 6.92 Å². The van der Waals surface area contributed by atoms with Gasteiger partial charge in [-0.3, -0.25) is 9.59 Å². The van der Waals surface area contributed by atoms with Gasteiger partial charge in [-0.25, -0.2) is 0 Å². The summed E-state index contributed by atoms with van der Waals surface area (Å²) in [4.78, 5) is 25.4. The van der Waals surface area contributed by atoms with Crippen LogP contribution in [-0.4, -0.2) is 37.0 Å². The fourth-order valence-corrected chi connectivity index (χ4v) is 2.63. The van der Waals surface area contributed by atoms with Crippen LogP contribution in [0.25, 0.3) is 11.0 Å². The van der Waals surface area contributed by atoms with Gasteiger partial charge in [-0.05, 0) is 32.0 Å². The zero-order valence-corrected chi connectivity index (χ0v) is 14.4. The van der Waals surface area contributed by atoms with Crippen molar-refractivity contribution in [3.05, 3.63) is 34.0 Å². The third kappa shape index (κ3) is 3.32. The molecule has 2 rings (SSSR count). The van der Waals surface area contributed by atoms with Gasteiger partial charge in [-0.2, -0.15) is 0 Å². The molecule has 0 bridgehead atoms. The molecule has 2 aromatic rings. The first kappa shape index (κ1) is 16.5. The fraction of sp³-hybridized carbons (Fsp3) is 0.375. The molecule has 1 aromatic carbocycles. The van der Waals surface area contributed by atoms with Gasteiger partial charge in [0.1, 0.15) is 5.58 Å². The summed E-state index contributed by atoms with van der Waals surface area (Å²) in [6.45, 7) is 4.53. The van der Waals surface area contributed by atoms with E-state index in [1.165, 1.54) is 7.11 Å². The SMILES string of the molecule is CCN(CCC(=O)OC)C(=O)c1oc2ccc(Br)cc2c1C. The minimum Gasteiger partial charge on any atom is -0.469 e. The van der Waals surface area contributed by atoms with Crippen LogP contribution >= 0.6 is 15.9 Å². The molecule has 0 aliphatic rings. The molecular weight excluding hydrogens is 350 g/mol. The lowest BCUT2D eigenvalue weighted by Gasteiger charge is -2.19. The smallest absolute Gasteiger partial charge is 0.307 e. The highest BCUT2D eigenvalue weighted by Gasteiger charge is 2.23. The van der Waals surface area contributed by atoms with Crippen molar-refractivity contribution in [2.75, 3.05) is 20.2 Å². The molecule has 118 valence electrons. The molecule has 0 saturated carbocycles. The number of furan rings is 1. The quantitative estimate of drug-likeness (QED) is 0.758. The summed E-state index contributed by atoms with van der Waals surface area (Å²) < 4.78 is 11.2. The first-order chi connectivity index (χ1) is 10.5. The number of fused-ring (bicyclic) bond motifs is 1. The van der Waals surface area contributed by atoms with Gasteiger partial charge in [0.15, 0.2) is 5.76 Å². The van der Waals surface area contributed by atoms with Crippen LogP contribution in [0.1, 0.15) is 29.5 Å². The van der Waals surface area contributed by atoms with Gasteiger partial charge in [0.25, 0.3) is 5.91 Å². The number of hydrogen-bond donors (Lipinski definition) is 0. The Bertz CT molecular complexity index is 707. The van der Waals surface area contributed by atoms with Crippen LogP contribution in [-0.2, 0) is 9.53 Å². The third-order valence-corrected chi connectivity index (χ3v) is 4.07. The number of amides is 1. The van der Waals surface area contributed by atoms with Crippen LogP contribution < -0.4 is 0 Å². The minimum atomic E-state index is -0.337. The van der Waals surface area contributed by atoms with E-state index >= 15 is 0 Å². The van der Waals surface area contributed by atoms with Crippen molar-refractivity contribution in [3.8, 4) is 0 Å². The first-order valence-corrected chi connectivity index (χ1v) is 7.82. The number of carbonyl (C=O) groups excluding carboxylic acids is 2. The van der Waals surface area contributed by atoms with E-state index in [2.05, 4.69) is 20.7 Å². The van der Waals surface area contributed by atoms with Crippen LogP contribution in [0.3, 0.4) is 0 Å². The maximum absolute atomic E-state index is 12.6. The predicted molar refractivity (Wildman–Crippen MR) is 86.9 cm³/mol. The Labute approximate surface area is 137 Å². The average molecular weight is 368 g/mol. The van der Waals surface area contributed by atoms with E-state index in [0.29, 0.717) is 24.4 Å². The average Bonchev–Trinajstić information content (AvgIpc) is 2.84. The summed E-state index contributed by atoms with van der Waals surface area (Å²) in [6, 6.07) is 5.62. The minimum absolute atomic E-state index is 0.168. The largest absolute Gasteiger partial charge is 0.469 e. The van der Waals surface area contributed by atoms with Crippen molar-refractivity contribution in [3.63, 3.8) is 0 Å². The third-order valence-electron chi connectivity index (χ3n) is 3.57. The van der Waals surface area contributed by atoms with Crippen LogP contribution in [0.2, 0.25) is 0 Å². The molecule has 0 aliphatic heterocycles. The maximum atomic E-state index is 12.6. The molecule has 0 N–H and O–H groups in total. The number of aryl methyl sites for hydroxylation is 1. The van der Waals surface area contributed by atoms with E-state index in [4.69, 9.17) is 4.42 Å². The monoisotopic (exact) mass is 367 g/mol. The molecule has 0 aliphatic carbocycles. The van der Waals surface area contributed by atoms with Crippen LogP contribution in [0.5, 0.6) is 0 Å². The van der Waals surface area contributed by atoms with Gasteiger partial charge >= 0.3 is 5.97 Å². The predicted octanol–water partition coefficient (Wildman–Crippen LogP) is 3.53. The number of ether oxygens (including phenoxy) is 1. The molecule has 0 spiro atoms. The van der Waals surface area contributed by atoms with Crippen molar-refractivity contribution in [2.24, 2.45) is 0 Å². The molecule has 1 amide bonds. The number of nitrogens with zero attached hydrogens (tertiary/aromatic N) is 1. The van der Waals surface area contributed by atoms with E-state index in [9.17, 15) is 9.59 Å². The fourth-order valence-electron chi connectivity index (χ4n) is 2.27. The second kappa shape index (κ2) is 6.96. The van der Waals surface area contributed by atoms with E-state index in [-0.39, 0.29) is 18.3 Å². The van der Waals surface area contributed by atoms with E-state index in [1.54, 1.807) is 4.90 Å². The van der Waals surface area contributed by atoms with Crippen molar-refractivity contribution in [1.82, 2.24) is 4.90 Å². The van der Waals surface area contributed by atoms with E-state index in [1.807, 2.05) is 32.0 Å². The topological polar surface area (TPSA) is 59.8 Å². The number of halogens is 1. The first-order valence-electron chi connectivity index (χ1n) is 7.02. The van der Waals surface area contributed by atoms with Crippen molar-refractivity contribution >= 4 is 38.8 Å². The van der Waals surface area contributed by atoms with Crippen molar-refractivity contribution < 1.29 is 18.7 Å². The molecule has 5 nitrogen and oxygen atoms in total. The van der Waals surface area contributed by atoms with Gasteiger partial charge in [-0.1, -0.05) is 15.9 Å². The summed E-state index contributed by atoms with van der Waals surface area (Å²) in [5.41, 5.74) is 1.48. The zero-order chi connectivity index (χ0) is 16.3. The normalized spacial score (nSPS) is 10.7. The number of methoxy groups -OCH3 is 1. The Morgan fingerprint density at radius 3 is 2.73 bits per heavy atom. The molecule has 0 saturated heterocycles. The number of esters is 1.